The van der Waals surface area contributed by atoms with E-state index in [9.17, 15) is 14.7 Å². The van der Waals surface area contributed by atoms with Crippen molar-refractivity contribution in [2.45, 2.75) is 52.1 Å². The Kier molecular flexibility index (Phi) is 20.5. The maximum atomic E-state index is 11.6. The molecule has 172 valence electrons. The first kappa shape index (κ1) is 27.7. The molecule has 0 saturated carbocycles. The fourth-order valence-electron chi connectivity index (χ4n) is 1.95. The minimum Gasteiger partial charge on any atom is -0.463 e. The Morgan fingerprint density at radius 2 is 1.07 bits per heavy atom. The quantitative estimate of drug-likeness (QED) is 0.217. The number of ether oxygens (including phenoxy) is 6. The van der Waals surface area contributed by atoms with Crippen molar-refractivity contribution < 1.29 is 43.1 Å². The molecule has 0 aliphatic carbocycles. The number of hydrogen-bond donors (Lipinski definition) is 1. The molecular formula is C20H38O9. The molecule has 0 aliphatic heterocycles. The van der Waals surface area contributed by atoms with Crippen molar-refractivity contribution in [1.29, 1.82) is 0 Å². The second kappa shape index (κ2) is 21.4. The molecule has 0 rings (SSSR count). The second-order valence-corrected chi connectivity index (χ2v) is 6.26. The lowest BCUT2D eigenvalue weighted by Crippen LogP contribution is -2.28. The van der Waals surface area contributed by atoms with Gasteiger partial charge in [0, 0.05) is 13.2 Å². The number of carbonyl (C=O) groups excluding carboxylic acids is 2. The lowest BCUT2D eigenvalue weighted by Gasteiger charge is -2.11. The largest absolute Gasteiger partial charge is 0.463 e. The van der Waals surface area contributed by atoms with Gasteiger partial charge in [0.25, 0.3) is 0 Å². The molecule has 0 bridgehead atoms. The molecule has 0 aromatic rings. The zero-order valence-electron chi connectivity index (χ0n) is 17.9. The van der Waals surface area contributed by atoms with Crippen LogP contribution >= 0.6 is 0 Å². The van der Waals surface area contributed by atoms with Gasteiger partial charge in [-0.1, -0.05) is 26.7 Å². The van der Waals surface area contributed by atoms with Gasteiger partial charge < -0.3 is 33.5 Å². The number of rotatable bonds is 21. The van der Waals surface area contributed by atoms with Crippen molar-refractivity contribution in [3.8, 4) is 0 Å². The van der Waals surface area contributed by atoms with Crippen molar-refractivity contribution >= 4 is 11.9 Å². The van der Waals surface area contributed by atoms with Crippen LogP contribution in [0.5, 0.6) is 0 Å². The van der Waals surface area contributed by atoms with Crippen molar-refractivity contribution in [3.05, 3.63) is 0 Å². The van der Waals surface area contributed by atoms with E-state index in [4.69, 9.17) is 28.4 Å². The molecule has 9 heteroatoms. The van der Waals surface area contributed by atoms with Gasteiger partial charge in [-0.05, 0) is 12.8 Å². The average molecular weight is 423 g/mol. The lowest BCUT2D eigenvalue weighted by atomic mass is 10.2. The first-order chi connectivity index (χ1) is 14.1. The summed E-state index contributed by atoms with van der Waals surface area (Å²) < 4.78 is 30.9. The van der Waals surface area contributed by atoms with Crippen LogP contribution in [-0.2, 0) is 38.0 Å². The van der Waals surface area contributed by atoms with Gasteiger partial charge in [-0.2, -0.15) is 0 Å². The third-order valence-electron chi connectivity index (χ3n) is 3.62. The Morgan fingerprint density at radius 1 is 0.655 bits per heavy atom. The van der Waals surface area contributed by atoms with E-state index in [2.05, 4.69) is 13.8 Å². The third-order valence-corrected chi connectivity index (χ3v) is 3.62. The van der Waals surface area contributed by atoms with Crippen LogP contribution in [0.3, 0.4) is 0 Å². The number of carbonyl (C=O) groups is 2. The normalized spacial score (nSPS) is 12.0. The van der Waals surface area contributed by atoms with Crippen molar-refractivity contribution in [3.63, 3.8) is 0 Å². The summed E-state index contributed by atoms with van der Waals surface area (Å²) >= 11 is 0. The highest BCUT2D eigenvalue weighted by atomic mass is 16.6. The highest BCUT2D eigenvalue weighted by Gasteiger charge is 2.21. The minimum absolute atomic E-state index is 0.00588. The van der Waals surface area contributed by atoms with Crippen molar-refractivity contribution in [1.82, 2.24) is 0 Å². The Bertz CT molecular complexity index is 390. The summed E-state index contributed by atoms with van der Waals surface area (Å²) in [5.41, 5.74) is 0. The van der Waals surface area contributed by atoms with E-state index in [1.165, 1.54) is 0 Å². The Labute approximate surface area is 173 Å². The van der Waals surface area contributed by atoms with Crippen LogP contribution < -0.4 is 0 Å². The molecule has 1 N–H and O–H groups in total. The summed E-state index contributed by atoms with van der Waals surface area (Å²) in [4.78, 5) is 23.2. The molecule has 0 aromatic carbocycles. The van der Waals surface area contributed by atoms with Crippen LogP contribution in [0.15, 0.2) is 0 Å². The first-order valence-electron chi connectivity index (χ1n) is 10.4. The lowest BCUT2D eigenvalue weighted by molar-refractivity contribution is -0.161. The molecule has 29 heavy (non-hydrogen) atoms. The predicted octanol–water partition coefficient (Wildman–Crippen LogP) is 1.49. The SMILES string of the molecule is CCCCOCCOCCOC(=O)CC(O)C(=O)OCCOCCOCCCC. The van der Waals surface area contributed by atoms with Gasteiger partial charge in [-0.3, -0.25) is 4.79 Å². The van der Waals surface area contributed by atoms with E-state index in [1.807, 2.05) is 0 Å². The summed E-state index contributed by atoms with van der Waals surface area (Å²) in [6.07, 6.45) is 2.16. The Balaban J connectivity index is 3.50. The van der Waals surface area contributed by atoms with Gasteiger partial charge in [-0.15, -0.1) is 0 Å². The summed E-state index contributed by atoms with van der Waals surface area (Å²) in [5.74, 6) is -1.58. The maximum absolute atomic E-state index is 11.6. The molecule has 0 saturated heterocycles. The van der Waals surface area contributed by atoms with E-state index in [-0.39, 0.29) is 26.4 Å². The van der Waals surface area contributed by atoms with Crippen LogP contribution in [0.1, 0.15) is 46.0 Å². The van der Waals surface area contributed by atoms with Gasteiger partial charge >= 0.3 is 11.9 Å². The highest BCUT2D eigenvalue weighted by molar-refractivity contribution is 5.81. The summed E-state index contributed by atoms with van der Waals surface area (Å²) in [5, 5.41) is 9.67. The third kappa shape index (κ3) is 19.8. The molecule has 0 spiro atoms. The minimum atomic E-state index is -1.56. The number of aliphatic hydroxyl groups excluding tert-OH is 1. The summed E-state index contributed by atoms with van der Waals surface area (Å²) in [6.45, 7) is 7.86. The molecule has 0 radical (unpaired) electrons. The van der Waals surface area contributed by atoms with Crippen LogP contribution in [-0.4, -0.2) is 89.2 Å². The average Bonchev–Trinajstić information content (AvgIpc) is 2.71. The van der Waals surface area contributed by atoms with Gasteiger partial charge in [0.15, 0.2) is 6.10 Å². The summed E-state index contributed by atoms with van der Waals surface area (Å²) in [7, 11) is 0. The molecule has 0 aromatic heterocycles. The first-order valence-corrected chi connectivity index (χ1v) is 10.4. The zero-order valence-corrected chi connectivity index (χ0v) is 17.9. The Hall–Kier alpha value is -1.26. The van der Waals surface area contributed by atoms with Gasteiger partial charge in [0.1, 0.15) is 13.2 Å². The van der Waals surface area contributed by atoms with Crippen LogP contribution in [0.4, 0.5) is 0 Å². The molecule has 0 fully saturated rings. The predicted molar refractivity (Wildman–Crippen MR) is 106 cm³/mol. The van der Waals surface area contributed by atoms with Crippen LogP contribution in [0.25, 0.3) is 0 Å². The molecule has 0 amide bonds. The standard InChI is InChI=1S/C20H38O9/c1-3-5-7-24-9-11-26-13-15-28-19(22)17-18(21)20(23)29-16-14-27-12-10-25-8-6-4-2/h18,21H,3-17H2,1-2H3. The van der Waals surface area contributed by atoms with E-state index in [0.29, 0.717) is 39.6 Å². The maximum Gasteiger partial charge on any atom is 0.335 e. The summed E-state index contributed by atoms with van der Waals surface area (Å²) in [6, 6.07) is 0. The van der Waals surface area contributed by atoms with E-state index in [1.54, 1.807) is 0 Å². The molecule has 0 aliphatic rings. The second-order valence-electron chi connectivity index (χ2n) is 6.26. The highest BCUT2D eigenvalue weighted by Crippen LogP contribution is 1.99. The number of aliphatic hydroxyl groups is 1. The fourth-order valence-corrected chi connectivity index (χ4v) is 1.95. The molecule has 0 heterocycles. The van der Waals surface area contributed by atoms with Gasteiger partial charge in [0.05, 0.1) is 46.1 Å². The smallest absolute Gasteiger partial charge is 0.335 e. The fraction of sp³-hybridized carbons (Fsp3) is 0.900. The van der Waals surface area contributed by atoms with E-state index >= 15 is 0 Å². The van der Waals surface area contributed by atoms with Crippen molar-refractivity contribution in [2.75, 3.05) is 66.1 Å². The molecular weight excluding hydrogens is 384 g/mol. The van der Waals surface area contributed by atoms with E-state index in [0.717, 1.165) is 25.7 Å². The molecule has 9 nitrogen and oxygen atoms in total. The van der Waals surface area contributed by atoms with E-state index < -0.39 is 24.5 Å². The zero-order chi connectivity index (χ0) is 21.6. The number of esters is 2. The Morgan fingerprint density at radius 3 is 1.55 bits per heavy atom. The van der Waals surface area contributed by atoms with Gasteiger partial charge in [0.2, 0.25) is 0 Å². The van der Waals surface area contributed by atoms with Crippen LogP contribution in [0.2, 0.25) is 0 Å². The van der Waals surface area contributed by atoms with Gasteiger partial charge in [-0.25, -0.2) is 4.79 Å². The number of unbranched alkanes of at least 4 members (excludes halogenated alkanes) is 2. The topological polar surface area (TPSA) is 110 Å². The monoisotopic (exact) mass is 422 g/mol. The number of hydrogen-bond acceptors (Lipinski definition) is 9. The molecule has 1 atom stereocenters. The van der Waals surface area contributed by atoms with Crippen molar-refractivity contribution in [2.24, 2.45) is 0 Å². The molecule has 1 unspecified atom stereocenters. The van der Waals surface area contributed by atoms with Crippen LogP contribution in [0, 0.1) is 0 Å².